The number of hydrogen-bond donors (Lipinski definition) is 1. The maximum atomic E-state index is 12.5. The molecule has 0 unspecified atom stereocenters. The third-order valence-corrected chi connectivity index (χ3v) is 4.49. The van der Waals surface area contributed by atoms with Crippen molar-refractivity contribution in [3.8, 4) is 11.6 Å². The monoisotopic (exact) mass is 390 g/mol. The Hall–Kier alpha value is -2.41. The number of halogens is 1. The van der Waals surface area contributed by atoms with Crippen molar-refractivity contribution in [3.05, 3.63) is 52.6 Å². The summed E-state index contributed by atoms with van der Waals surface area (Å²) in [5, 5.41) is 9.18. The van der Waals surface area contributed by atoms with Gasteiger partial charge in [0.25, 0.3) is 5.91 Å². The molecule has 1 saturated heterocycles. The molecule has 2 aromatic rings. The average Bonchev–Trinajstić information content (AvgIpc) is 3.07. The van der Waals surface area contributed by atoms with Crippen LogP contribution in [-0.2, 0) is 4.79 Å². The number of nitrogens with zero attached hydrogens (tertiary/aromatic N) is 2. The van der Waals surface area contributed by atoms with E-state index < -0.39 is 12.0 Å². The lowest BCUT2D eigenvalue weighted by Crippen LogP contribution is -2.40. The zero-order chi connectivity index (χ0) is 17.1. The van der Waals surface area contributed by atoms with E-state index >= 15 is 0 Å². The van der Waals surface area contributed by atoms with Gasteiger partial charge in [-0.05, 0) is 47.0 Å². The molecule has 7 heteroatoms. The first-order chi connectivity index (χ1) is 11.6. The lowest BCUT2D eigenvalue weighted by Gasteiger charge is -2.21. The molecule has 1 N–H and O–H groups in total. The van der Waals surface area contributed by atoms with Crippen LogP contribution in [0.25, 0.3) is 0 Å². The number of hydrogen-bond acceptors (Lipinski definition) is 4. The molecular weight excluding hydrogens is 376 g/mol. The molecule has 1 aliphatic heterocycles. The molecule has 2 heterocycles. The van der Waals surface area contributed by atoms with Gasteiger partial charge in [0.2, 0.25) is 5.88 Å². The van der Waals surface area contributed by atoms with Gasteiger partial charge in [0.15, 0.2) is 0 Å². The molecule has 0 bridgehead atoms. The summed E-state index contributed by atoms with van der Waals surface area (Å²) in [4.78, 5) is 29.2. The second-order valence-corrected chi connectivity index (χ2v) is 6.27. The Kier molecular flexibility index (Phi) is 4.80. The Morgan fingerprint density at radius 2 is 2.04 bits per heavy atom. The van der Waals surface area contributed by atoms with Crippen LogP contribution in [0.5, 0.6) is 11.6 Å². The van der Waals surface area contributed by atoms with Gasteiger partial charge in [0.1, 0.15) is 11.8 Å². The van der Waals surface area contributed by atoms with Gasteiger partial charge in [0, 0.05) is 18.8 Å². The van der Waals surface area contributed by atoms with E-state index in [2.05, 4.69) is 20.9 Å². The van der Waals surface area contributed by atoms with Crippen LogP contribution in [0.3, 0.4) is 0 Å². The van der Waals surface area contributed by atoms with Crippen LogP contribution in [0, 0.1) is 0 Å². The van der Waals surface area contributed by atoms with Crippen LogP contribution in [0.2, 0.25) is 0 Å². The molecule has 0 aliphatic carbocycles. The van der Waals surface area contributed by atoms with E-state index in [1.165, 1.54) is 11.1 Å². The number of para-hydroxylation sites is 1. The second-order valence-electron chi connectivity index (χ2n) is 5.41. The van der Waals surface area contributed by atoms with Crippen molar-refractivity contribution in [3.63, 3.8) is 0 Å². The van der Waals surface area contributed by atoms with Gasteiger partial charge < -0.3 is 14.7 Å². The van der Waals surface area contributed by atoms with Crippen molar-refractivity contribution in [1.29, 1.82) is 0 Å². The highest BCUT2D eigenvalue weighted by atomic mass is 79.9. The molecule has 6 nitrogen and oxygen atoms in total. The molecule has 1 aliphatic rings. The van der Waals surface area contributed by atoms with Crippen molar-refractivity contribution in [2.75, 3.05) is 6.54 Å². The van der Waals surface area contributed by atoms with Gasteiger partial charge in [-0.25, -0.2) is 9.78 Å². The summed E-state index contributed by atoms with van der Waals surface area (Å²) in [7, 11) is 0. The summed E-state index contributed by atoms with van der Waals surface area (Å²) in [6, 6.07) is 9.81. The number of benzene rings is 1. The van der Waals surface area contributed by atoms with E-state index in [4.69, 9.17) is 4.74 Å². The average molecular weight is 391 g/mol. The van der Waals surface area contributed by atoms with Gasteiger partial charge in [0.05, 0.1) is 10.0 Å². The van der Waals surface area contributed by atoms with Crippen LogP contribution in [0.4, 0.5) is 0 Å². The molecule has 0 saturated carbocycles. The maximum Gasteiger partial charge on any atom is 0.326 e. The minimum absolute atomic E-state index is 0.320. The lowest BCUT2D eigenvalue weighted by molar-refractivity contribution is -0.141. The standard InChI is InChI=1S/C17H15BrN2O4/c18-12-4-1-2-6-14(12)24-15-8-7-11(10-19-15)16(21)20-9-3-5-13(20)17(22)23/h1-2,4,6-8,10,13H,3,5,9H2,(H,22,23)/t13-/m0/s1. The van der Waals surface area contributed by atoms with Gasteiger partial charge in [-0.15, -0.1) is 0 Å². The number of amides is 1. The normalized spacial score (nSPS) is 16.9. The number of aromatic nitrogens is 1. The molecule has 1 fully saturated rings. The van der Waals surface area contributed by atoms with Crippen molar-refractivity contribution in [2.45, 2.75) is 18.9 Å². The predicted molar refractivity (Wildman–Crippen MR) is 90.1 cm³/mol. The summed E-state index contributed by atoms with van der Waals surface area (Å²) in [6.45, 7) is 0.449. The van der Waals surface area contributed by atoms with Gasteiger partial charge in [-0.1, -0.05) is 12.1 Å². The summed E-state index contributed by atoms with van der Waals surface area (Å²) in [6.07, 6.45) is 2.59. The highest BCUT2D eigenvalue weighted by Crippen LogP contribution is 2.28. The molecular formula is C17H15BrN2O4. The molecule has 3 rings (SSSR count). The Labute approximate surface area is 147 Å². The van der Waals surface area contributed by atoms with Crippen molar-refractivity contribution in [1.82, 2.24) is 9.88 Å². The molecule has 1 atom stereocenters. The van der Waals surface area contributed by atoms with Gasteiger partial charge in [-0.2, -0.15) is 0 Å². The Morgan fingerprint density at radius 3 is 2.71 bits per heavy atom. The molecule has 0 radical (unpaired) electrons. The number of carboxylic acid groups (broad SMARTS) is 1. The molecule has 1 aromatic carbocycles. The zero-order valence-corrected chi connectivity index (χ0v) is 14.3. The van der Waals surface area contributed by atoms with E-state index in [0.717, 1.165) is 4.47 Å². The first-order valence-corrected chi connectivity index (χ1v) is 8.28. The minimum atomic E-state index is -0.970. The van der Waals surface area contributed by atoms with Crippen LogP contribution in [0.15, 0.2) is 47.1 Å². The fourth-order valence-corrected chi connectivity index (χ4v) is 3.01. The predicted octanol–water partition coefficient (Wildman–Crippen LogP) is 3.33. The summed E-state index contributed by atoms with van der Waals surface area (Å²) in [5.74, 6) is -0.313. The van der Waals surface area contributed by atoms with Crippen molar-refractivity contribution < 1.29 is 19.4 Å². The number of aliphatic carboxylic acids is 1. The van der Waals surface area contributed by atoms with Crippen molar-refractivity contribution >= 4 is 27.8 Å². The smallest absolute Gasteiger partial charge is 0.326 e. The first-order valence-electron chi connectivity index (χ1n) is 7.48. The number of pyridine rings is 1. The lowest BCUT2D eigenvalue weighted by atomic mass is 10.2. The van der Waals surface area contributed by atoms with E-state index in [9.17, 15) is 14.7 Å². The van der Waals surface area contributed by atoms with Crippen LogP contribution >= 0.6 is 15.9 Å². The van der Waals surface area contributed by atoms with Crippen LogP contribution in [-0.4, -0.2) is 39.5 Å². The molecule has 24 heavy (non-hydrogen) atoms. The zero-order valence-electron chi connectivity index (χ0n) is 12.7. The number of carbonyl (C=O) groups excluding carboxylic acids is 1. The maximum absolute atomic E-state index is 12.5. The Bertz CT molecular complexity index is 763. The summed E-state index contributed by atoms with van der Waals surface area (Å²) >= 11 is 3.39. The highest BCUT2D eigenvalue weighted by Gasteiger charge is 2.34. The third-order valence-electron chi connectivity index (χ3n) is 3.83. The van der Waals surface area contributed by atoms with Gasteiger partial charge >= 0.3 is 5.97 Å². The summed E-state index contributed by atoms with van der Waals surface area (Å²) in [5.41, 5.74) is 0.350. The largest absolute Gasteiger partial charge is 0.480 e. The molecule has 1 amide bonds. The third kappa shape index (κ3) is 3.41. The Morgan fingerprint density at radius 1 is 1.25 bits per heavy atom. The fraction of sp³-hybridized carbons (Fsp3) is 0.235. The quantitative estimate of drug-likeness (QED) is 0.865. The number of likely N-dealkylation sites (tertiary alicyclic amines) is 1. The van der Waals surface area contributed by atoms with Crippen molar-refractivity contribution in [2.24, 2.45) is 0 Å². The molecule has 1 aromatic heterocycles. The van der Waals surface area contributed by atoms with E-state index in [1.807, 2.05) is 18.2 Å². The number of ether oxygens (including phenoxy) is 1. The molecule has 0 spiro atoms. The number of carbonyl (C=O) groups is 2. The van der Waals surface area contributed by atoms with E-state index in [0.29, 0.717) is 36.6 Å². The topological polar surface area (TPSA) is 79.7 Å². The highest BCUT2D eigenvalue weighted by molar-refractivity contribution is 9.10. The Balaban J connectivity index is 1.73. The fourth-order valence-electron chi connectivity index (χ4n) is 2.64. The number of carboxylic acids is 1. The van der Waals surface area contributed by atoms with E-state index in [-0.39, 0.29) is 5.91 Å². The first kappa shape index (κ1) is 16.4. The van der Waals surface area contributed by atoms with Gasteiger partial charge in [-0.3, -0.25) is 4.79 Å². The van der Waals surface area contributed by atoms with Crippen LogP contribution < -0.4 is 4.74 Å². The number of rotatable bonds is 4. The SMILES string of the molecule is O=C(O)[C@@H]1CCCN1C(=O)c1ccc(Oc2ccccc2Br)nc1. The summed E-state index contributed by atoms with van der Waals surface area (Å²) < 4.78 is 6.45. The minimum Gasteiger partial charge on any atom is -0.480 e. The van der Waals surface area contributed by atoms with E-state index in [1.54, 1.807) is 18.2 Å². The van der Waals surface area contributed by atoms with Crippen LogP contribution in [0.1, 0.15) is 23.2 Å². The molecule has 124 valence electrons. The second kappa shape index (κ2) is 7.00.